The third-order valence-corrected chi connectivity index (χ3v) is 4.09. The molecule has 134 valence electrons. The van der Waals surface area contributed by atoms with Crippen LogP contribution < -0.4 is 4.74 Å². The number of aromatic nitrogens is 2. The van der Waals surface area contributed by atoms with Crippen LogP contribution in [0.25, 0.3) is 16.6 Å². The van der Waals surface area contributed by atoms with E-state index in [1.807, 2.05) is 18.2 Å². The fraction of sp³-hybridized carbons (Fsp3) is 0.111. The number of imidazole rings is 1. The summed E-state index contributed by atoms with van der Waals surface area (Å²) < 4.78 is 10.2. The molecule has 0 aliphatic carbocycles. The van der Waals surface area contributed by atoms with E-state index < -0.39 is 5.97 Å². The molecule has 0 atom stereocenters. The molecular weight excluding hydrogens is 379 g/mol. The van der Waals surface area contributed by atoms with Crippen molar-refractivity contribution in [1.29, 1.82) is 0 Å². The largest absolute Gasteiger partial charge is 0.508 e. The average molecular weight is 393 g/mol. The van der Waals surface area contributed by atoms with Gasteiger partial charge in [0.1, 0.15) is 29.5 Å². The van der Waals surface area contributed by atoms with E-state index in [9.17, 15) is 9.90 Å². The fourth-order valence-corrected chi connectivity index (χ4v) is 2.80. The van der Waals surface area contributed by atoms with Gasteiger partial charge in [0, 0.05) is 5.02 Å². The van der Waals surface area contributed by atoms with Crippen LogP contribution in [0.4, 0.5) is 0 Å². The normalized spacial score (nSPS) is 12.0. The Balaban J connectivity index is 1.93. The Labute approximate surface area is 159 Å². The van der Waals surface area contributed by atoms with Crippen molar-refractivity contribution in [3.63, 3.8) is 0 Å². The van der Waals surface area contributed by atoms with Crippen LogP contribution in [-0.4, -0.2) is 34.8 Å². The van der Waals surface area contributed by atoms with Gasteiger partial charge in [0.2, 0.25) is 0 Å². The van der Waals surface area contributed by atoms with Crippen molar-refractivity contribution in [1.82, 2.24) is 9.97 Å². The van der Waals surface area contributed by atoms with Gasteiger partial charge in [-0.25, -0.2) is 9.78 Å². The average Bonchev–Trinajstić information content (AvgIpc) is 3.04. The number of rotatable bonds is 5. The van der Waals surface area contributed by atoms with E-state index in [4.69, 9.17) is 32.7 Å². The number of aliphatic hydroxyl groups excluding tert-OH is 1. The second kappa shape index (κ2) is 7.68. The SMILES string of the molecule is COC(=O)/C(=C(/O)COc1ccc(Cl)cc1Cl)c1nc2ccccc2[nH]1. The van der Waals surface area contributed by atoms with Crippen molar-refractivity contribution >= 4 is 45.8 Å². The van der Waals surface area contributed by atoms with Crippen LogP contribution in [0.1, 0.15) is 5.82 Å². The first kappa shape index (κ1) is 18.1. The number of carbonyl (C=O) groups is 1. The maximum Gasteiger partial charge on any atom is 0.345 e. The highest BCUT2D eigenvalue weighted by molar-refractivity contribution is 6.35. The predicted molar refractivity (Wildman–Crippen MR) is 99.6 cm³/mol. The summed E-state index contributed by atoms with van der Waals surface area (Å²) in [5.41, 5.74) is 1.26. The summed E-state index contributed by atoms with van der Waals surface area (Å²) in [5.74, 6) is -0.591. The number of H-pyrrole nitrogens is 1. The molecule has 0 fully saturated rings. The van der Waals surface area contributed by atoms with Gasteiger partial charge in [-0.15, -0.1) is 0 Å². The number of esters is 1. The first-order chi connectivity index (χ1) is 12.5. The van der Waals surface area contributed by atoms with Crippen LogP contribution in [-0.2, 0) is 9.53 Å². The van der Waals surface area contributed by atoms with Crippen LogP contribution in [0.2, 0.25) is 10.0 Å². The molecule has 6 nitrogen and oxygen atoms in total. The summed E-state index contributed by atoms with van der Waals surface area (Å²) in [6, 6.07) is 11.9. The molecular formula is C18H14Cl2N2O4. The summed E-state index contributed by atoms with van der Waals surface area (Å²) in [7, 11) is 1.22. The van der Waals surface area contributed by atoms with Crippen LogP contribution in [0.15, 0.2) is 48.2 Å². The fourth-order valence-electron chi connectivity index (χ4n) is 2.33. The smallest absolute Gasteiger partial charge is 0.345 e. The van der Waals surface area contributed by atoms with E-state index in [-0.39, 0.29) is 28.8 Å². The Morgan fingerprint density at radius 1 is 1.23 bits per heavy atom. The molecule has 3 rings (SSSR count). The molecule has 0 bridgehead atoms. The minimum Gasteiger partial charge on any atom is -0.508 e. The van der Waals surface area contributed by atoms with E-state index in [2.05, 4.69) is 9.97 Å². The maximum absolute atomic E-state index is 12.2. The predicted octanol–water partition coefficient (Wildman–Crippen LogP) is 4.39. The molecule has 2 aromatic carbocycles. The van der Waals surface area contributed by atoms with Gasteiger partial charge in [-0.3, -0.25) is 0 Å². The molecule has 0 unspecified atom stereocenters. The van der Waals surface area contributed by atoms with Gasteiger partial charge < -0.3 is 19.6 Å². The zero-order valence-electron chi connectivity index (χ0n) is 13.6. The second-order valence-electron chi connectivity index (χ2n) is 5.28. The zero-order chi connectivity index (χ0) is 18.7. The number of carbonyl (C=O) groups excluding carboxylic acids is 1. The van der Waals surface area contributed by atoms with Gasteiger partial charge in [0.25, 0.3) is 0 Å². The van der Waals surface area contributed by atoms with Crippen molar-refractivity contribution in [3.8, 4) is 5.75 Å². The lowest BCUT2D eigenvalue weighted by Gasteiger charge is -2.10. The van der Waals surface area contributed by atoms with E-state index in [1.54, 1.807) is 18.2 Å². The highest BCUT2D eigenvalue weighted by Gasteiger charge is 2.22. The number of hydrogen-bond acceptors (Lipinski definition) is 5. The number of halogens is 2. The molecule has 3 aromatic rings. The number of methoxy groups -OCH3 is 1. The monoisotopic (exact) mass is 392 g/mol. The number of para-hydroxylation sites is 2. The van der Waals surface area contributed by atoms with Crippen molar-refractivity contribution in [2.45, 2.75) is 0 Å². The van der Waals surface area contributed by atoms with E-state index in [0.29, 0.717) is 16.3 Å². The summed E-state index contributed by atoms with van der Waals surface area (Å²) in [6.07, 6.45) is 0. The molecule has 1 heterocycles. The molecule has 8 heteroatoms. The van der Waals surface area contributed by atoms with Crippen molar-refractivity contribution in [2.75, 3.05) is 13.7 Å². The lowest BCUT2D eigenvalue weighted by Crippen LogP contribution is -2.12. The number of hydrogen-bond donors (Lipinski definition) is 2. The summed E-state index contributed by atoms with van der Waals surface area (Å²) in [6.45, 7) is -0.303. The molecule has 2 N–H and O–H groups in total. The van der Waals surface area contributed by atoms with Crippen LogP contribution in [0.5, 0.6) is 5.75 Å². The molecule has 0 amide bonds. The topological polar surface area (TPSA) is 84.4 Å². The summed E-state index contributed by atoms with van der Waals surface area (Å²) in [4.78, 5) is 19.4. The minimum atomic E-state index is -0.743. The maximum atomic E-state index is 12.2. The zero-order valence-corrected chi connectivity index (χ0v) is 15.1. The highest BCUT2D eigenvalue weighted by Crippen LogP contribution is 2.28. The highest BCUT2D eigenvalue weighted by atomic mass is 35.5. The Morgan fingerprint density at radius 3 is 2.69 bits per heavy atom. The Hall–Kier alpha value is -2.70. The van der Waals surface area contributed by atoms with Gasteiger partial charge in [-0.1, -0.05) is 35.3 Å². The lowest BCUT2D eigenvalue weighted by molar-refractivity contribution is -0.133. The minimum absolute atomic E-state index is 0.117. The molecule has 1 aromatic heterocycles. The molecule has 26 heavy (non-hydrogen) atoms. The standard InChI is InChI=1S/C18H14Cl2N2O4/c1-25-18(24)16(17-21-12-4-2-3-5-13(12)22-17)14(23)9-26-15-7-6-10(19)8-11(15)20/h2-8,23H,9H2,1H3,(H,21,22)/b16-14+. The number of nitrogens with one attached hydrogen (secondary N) is 1. The van der Waals surface area contributed by atoms with Crippen LogP contribution in [0.3, 0.4) is 0 Å². The summed E-state index contributed by atoms with van der Waals surface area (Å²) >= 11 is 11.9. The van der Waals surface area contributed by atoms with Gasteiger partial charge in [-0.2, -0.15) is 0 Å². The molecule has 0 spiro atoms. The third-order valence-electron chi connectivity index (χ3n) is 3.56. The number of nitrogens with zero attached hydrogens (tertiary/aromatic N) is 1. The number of fused-ring (bicyclic) bond motifs is 1. The molecule has 0 aliphatic heterocycles. The third kappa shape index (κ3) is 3.76. The molecule has 0 saturated carbocycles. The number of aromatic amines is 1. The molecule has 0 aliphatic rings. The van der Waals surface area contributed by atoms with Gasteiger partial charge in [0.05, 0.1) is 23.2 Å². The Kier molecular flexibility index (Phi) is 5.35. The number of ether oxygens (including phenoxy) is 2. The number of aliphatic hydroxyl groups is 1. The van der Waals surface area contributed by atoms with Crippen molar-refractivity contribution in [2.24, 2.45) is 0 Å². The van der Waals surface area contributed by atoms with Gasteiger partial charge >= 0.3 is 5.97 Å². The number of benzene rings is 2. The first-order valence-electron chi connectivity index (χ1n) is 7.53. The van der Waals surface area contributed by atoms with E-state index in [1.165, 1.54) is 13.2 Å². The quantitative estimate of drug-likeness (QED) is 0.382. The summed E-state index contributed by atoms with van der Waals surface area (Å²) in [5, 5.41) is 11.2. The molecule has 0 saturated heterocycles. The first-order valence-corrected chi connectivity index (χ1v) is 8.28. The Morgan fingerprint density at radius 2 is 2.00 bits per heavy atom. The van der Waals surface area contributed by atoms with Crippen LogP contribution in [0, 0.1) is 0 Å². The van der Waals surface area contributed by atoms with Crippen LogP contribution >= 0.6 is 23.2 Å². The van der Waals surface area contributed by atoms with Gasteiger partial charge in [-0.05, 0) is 30.3 Å². The second-order valence-corrected chi connectivity index (χ2v) is 6.12. The van der Waals surface area contributed by atoms with Crippen molar-refractivity contribution < 1.29 is 19.4 Å². The Bertz CT molecular complexity index is 965. The van der Waals surface area contributed by atoms with Crippen molar-refractivity contribution in [3.05, 3.63) is 64.1 Å². The van der Waals surface area contributed by atoms with E-state index >= 15 is 0 Å². The molecule has 0 radical (unpaired) electrons. The van der Waals surface area contributed by atoms with E-state index in [0.717, 1.165) is 5.52 Å². The van der Waals surface area contributed by atoms with Gasteiger partial charge in [0.15, 0.2) is 0 Å². The lowest BCUT2D eigenvalue weighted by atomic mass is 10.2.